The van der Waals surface area contributed by atoms with Gasteiger partial charge in [0.2, 0.25) is 6.29 Å². The minimum atomic E-state index is -0.833. The Balaban J connectivity index is 2.19. The molecule has 0 bridgehead atoms. The number of carbonyl (C=O) groups is 2. The molecular formula is C14H17NO3. The summed E-state index contributed by atoms with van der Waals surface area (Å²) in [5, 5.41) is 3.19. The fourth-order valence-corrected chi connectivity index (χ4v) is 2.54. The van der Waals surface area contributed by atoms with Gasteiger partial charge in [-0.2, -0.15) is 0 Å². The first-order chi connectivity index (χ1) is 8.74. The van der Waals surface area contributed by atoms with Crippen molar-refractivity contribution in [3.63, 3.8) is 0 Å². The number of nitrogens with one attached hydrogen (secondary N) is 1. The summed E-state index contributed by atoms with van der Waals surface area (Å²) in [6, 6.07) is 5.68. The number of carbonyl (C=O) groups excluding carboxylic acids is 2. The third-order valence-corrected chi connectivity index (χ3v) is 3.34. The molecular weight excluding hydrogens is 230 g/mol. The van der Waals surface area contributed by atoms with Gasteiger partial charge >= 0.3 is 5.97 Å². The molecule has 0 saturated heterocycles. The highest BCUT2D eigenvalue weighted by atomic mass is 16.5. The normalized spacial score (nSPS) is 17.9. The lowest BCUT2D eigenvalue weighted by molar-refractivity contribution is -0.141. The topological polar surface area (TPSA) is 55.4 Å². The first kappa shape index (κ1) is 12.8. The lowest BCUT2D eigenvalue weighted by Gasteiger charge is -2.25. The van der Waals surface area contributed by atoms with Gasteiger partial charge in [-0.1, -0.05) is 12.1 Å². The van der Waals surface area contributed by atoms with E-state index in [4.69, 9.17) is 4.74 Å². The fourth-order valence-electron chi connectivity index (χ4n) is 2.54. The van der Waals surface area contributed by atoms with Crippen LogP contribution in [0.15, 0.2) is 18.2 Å². The highest BCUT2D eigenvalue weighted by molar-refractivity contribution is 6.21. The summed E-state index contributed by atoms with van der Waals surface area (Å²) >= 11 is 0. The first-order valence-electron chi connectivity index (χ1n) is 6.17. The van der Waals surface area contributed by atoms with Crippen LogP contribution in [0.3, 0.4) is 0 Å². The summed E-state index contributed by atoms with van der Waals surface area (Å²) in [7, 11) is 1.96. The van der Waals surface area contributed by atoms with Crippen molar-refractivity contribution >= 4 is 12.3 Å². The average Bonchev–Trinajstić information content (AvgIpc) is 2.39. The third kappa shape index (κ3) is 2.76. The molecule has 2 rings (SSSR count). The molecule has 0 amide bonds. The van der Waals surface area contributed by atoms with Gasteiger partial charge in [-0.15, -0.1) is 0 Å². The molecule has 0 aromatic heterocycles. The van der Waals surface area contributed by atoms with E-state index in [1.54, 1.807) is 6.07 Å². The van der Waals surface area contributed by atoms with Crippen molar-refractivity contribution in [1.82, 2.24) is 5.32 Å². The minimum Gasteiger partial charge on any atom is -0.421 e. The number of rotatable bonds is 4. The second-order valence-corrected chi connectivity index (χ2v) is 4.60. The van der Waals surface area contributed by atoms with Gasteiger partial charge in [0.1, 0.15) is 5.75 Å². The molecule has 4 heteroatoms. The Labute approximate surface area is 106 Å². The minimum absolute atomic E-state index is 0.200. The summed E-state index contributed by atoms with van der Waals surface area (Å²) in [5.74, 6) is 0.327. The summed E-state index contributed by atoms with van der Waals surface area (Å²) in [5.41, 5.74) is 2.29. The molecule has 0 fully saturated rings. The zero-order valence-corrected chi connectivity index (χ0v) is 10.4. The molecule has 1 aromatic rings. The van der Waals surface area contributed by atoms with E-state index in [1.165, 1.54) is 5.56 Å². The molecule has 1 atom stereocenters. The van der Waals surface area contributed by atoms with E-state index < -0.39 is 5.97 Å². The van der Waals surface area contributed by atoms with E-state index in [1.807, 2.05) is 13.1 Å². The molecule has 0 radical (unpaired) electrons. The fraction of sp³-hybridized carbons (Fsp3) is 0.429. The molecule has 1 aromatic carbocycles. The Bertz CT molecular complexity index is 456. The lowest BCUT2D eigenvalue weighted by Crippen LogP contribution is -2.25. The van der Waals surface area contributed by atoms with Gasteiger partial charge < -0.3 is 10.1 Å². The maximum Gasteiger partial charge on any atom is 0.376 e. The van der Waals surface area contributed by atoms with E-state index in [9.17, 15) is 9.59 Å². The van der Waals surface area contributed by atoms with Crippen LogP contribution in [0.2, 0.25) is 0 Å². The molecule has 96 valence electrons. The van der Waals surface area contributed by atoms with Gasteiger partial charge in [0.15, 0.2) is 0 Å². The predicted octanol–water partition coefficient (Wildman–Crippen LogP) is 1.12. The van der Waals surface area contributed by atoms with Crippen LogP contribution in [0, 0.1) is 5.92 Å². The average molecular weight is 247 g/mol. The summed E-state index contributed by atoms with van der Waals surface area (Å²) < 4.78 is 5.03. The van der Waals surface area contributed by atoms with Crippen LogP contribution in [-0.2, 0) is 22.4 Å². The van der Waals surface area contributed by atoms with Crippen molar-refractivity contribution in [3.8, 4) is 5.75 Å². The van der Waals surface area contributed by atoms with Crippen molar-refractivity contribution < 1.29 is 14.3 Å². The van der Waals surface area contributed by atoms with Crippen LogP contribution < -0.4 is 10.1 Å². The molecule has 1 N–H and O–H groups in total. The predicted molar refractivity (Wildman–Crippen MR) is 67.6 cm³/mol. The number of aldehydes is 1. The zero-order valence-electron chi connectivity index (χ0n) is 10.4. The van der Waals surface area contributed by atoms with Crippen LogP contribution >= 0.6 is 0 Å². The molecule has 0 spiro atoms. The highest BCUT2D eigenvalue weighted by Gasteiger charge is 2.21. The van der Waals surface area contributed by atoms with Gasteiger partial charge in [0.25, 0.3) is 0 Å². The Morgan fingerprint density at radius 2 is 2.39 bits per heavy atom. The van der Waals surface area contributed by atoms with E-state index >= 15 is 0 Å². The Morgan fingerprint density at radius 1 is 1.56 bits per heavy atom. The second-order valence-electron chi connectivity index (χ2n) is 4.60. The number of esters is 1. The van der Waals surface area contributed by atoms with Crippen LogP contribution in [0.5, 0.6) is 5.75 Å². The van der Waals surface area contributed by atoms with Gasteiger partial charge in [0, 0.05) is 0 Å². The van der Waals surface area contributed by atoms with Gasteiger partial charge in [-0.05, 0) is 56.0 Å². The smallest absolute Gasteiger partial charge is 0.376 e. The lowest BCUT2D eigenvalue weighted by atomic mass is 9.83. The number of fused-ring (bicyclic) bond motifs is 1. The molecule has 0 heterocycles. The second kappa shape index (κ2) is 5.78. The molecule has 18 heavy (non-hydrogen) atoms. The van der Waals surface area contributed by atoms with Crippen LogP contribution in [0.4, 0.5) is 0 Å². The van der Waals surface area contributed by atoms with Crippen molar-refractivity contribution in [2.75, 3.05) is 13.6 Å². The van der Waals surface area contributed by atoms with E-state index in [0.29, 0.717) is 11.7 Å². The standard InChI is InChI=1S/C14H17NO3/c1-15-8-10-5-6-12-11(7-10)3-2-4-13(12)18-14(17)9-16/h2-4,9-10,15H,5-8H2,1H3. The van der Waals surface area contributed by atoms with Crippen LogP contribution in [0.1, 0.15) is 17.5 Å². The molecule has 4 nitrogen and oxygen atoms in total. The Morgan fingerprint density at radius 3 is 3.11 bits per heavy atom. The maximum atomic E-state index is 11.0. The molecule has 0 saturated carbocycles. The van der Waals surface area contributed by atoms with Crippen molar-refractivity contribution in [1.29, 1.82) is 0 Å². The summed E-state index contributed by atoms with van der Waals surface area (Å²) in [6.07, 6.45) is 3.15. The highest BCUT2D eigenvalue weighted by Crippen LogP contribution is 2.31. The van der Waals surface area contributed by atoms with Gasteiger partial charge in [-0.3, -0.25) is 4.79 Å². The zero-order chi connectivity index (χ0) is 13.0. The maximum absolute atomic E-state index is 11.0. The van der Waals surface area contributed by atoms with Crippen molar-refractivity contribution in [2.24, 2.45) is 5.92 Å². The molecule has 1 unspecified atom stereocenters. The van der Waals surface area contributed by atoms with Crippen molar-refractivity contribution in [2.45, 2.75) is 19.3 Å². The van der Waals surface area contributed by atoms with Crippen molar-refractivity contribution in [3.05, 3.63) is 29.3 Å². The van der Waals surface area contributed by atoms with Gasteiger partial charge in [-0.25, -0.2) is 4.79 Å². The summed E-state index contributed by atoms with van der Waals surface area (Å²) in [6.45, 7) is 0.998. The quantitative estimate of drug-likeness (QED) is 0.375. The monoisotopic (exact) mass is 247 g/mol. The Kier molecular flexibility index (Phi) is 4.10. The SMILES string of the molecule is CNCC1CCc2c(cccc2OC(=O)C=O)C1. The van der Waals surface area contributed by atoms with E-state index in [0.717, 1.165) is 31.4 Å². The number of ether oxygens (including phenoxy) is 1. The number of hydrogen-bond acceptors (Lipinski definition) is 4. The van der Waals surface area contributed by atoms with Gasteiger partial charge in [0.05, 0.1) is 0 Å². The number of hydrogen-bond donors (Lipinski definition) is 1. The van der Waals surface area contributed by atoms with E-state index in [2.05, 4.69) is 11.4 Å². The van der Waals surface area contributed by atoms with E-state index in [-0.39, 0.29) is 6.29 Å². The largest absolute Gasteiger partial charge is 0.421 e. The molecule has 0 aliphatic heterocycles. The molecule has 1 aliphatic rings. The molecule has 1 aliphatic carbocycles. The van der Waals surface area contributed by atoms with Crippen LogP contribution in [0.25, 0.3) is 0 Å². The first-order valence-corrected chi connectivity index (χ1v) is 6.17. The third-order valence-electron chi connectivity index (χ3n) is 3.34. The number of benzene rings is 1. The summed E-state index contributed by atoms with van der Waals surface area (Å²) in [4.78, 5) is 21.4. The van der Waals surface area contributed by atoms with Crippen LogP contribution in [-0.4, -0.2) is 25.8 Å². The Hall–Kier alpha value is -1.68.